The molecule has 2 aliphatic rings. The summed E-state index contributed by atoms with van der Waals surface area (Å²) in [5.74, 6) is -0.483. The van der Waals surface area contributed by atoms with E-state index in [1.807, 2.05) is 48.7 Å². The molecule has 0 fully saturated rings. The van der Waals surface area contributed by atoms with Gasteiger partial charge < -0.3 is 4.74 Å². The number of aryl methyl sites for hydroxylation is 1. The van der Waals surface area contributed by atoms with Crippen molar-refractivity contribution in [1.82, 2.24) is 0 Å². The molecule has 4 rings (SSSR count). The first-order chi connectivity index (χ1) is 11.1. The molecule has 1 aromatic heterocycles. The topological polar surface area (TPSA) is 46.6 Å². The average molecular weight is 325 g/mol. The van der Waals surface area contributed by atoms with E-state index in [9.17, 15) is 9.59 Å². The number of rotatable bonds is 2. The molecule has 2 aliphatic heterocycles. The van der Waals surface area contributed by atoms with E-state index in [4.69, 9.17) is 4.74 Å². The molecule has 2 aromatic rings. The summed E-state index contributed by atoms with van der Waals surface area (Å²) in [4.78, 5) is 27.7. The van der Waals surface area contributed by atoms with E-state index in [0.29, 0.717) is 17.7 Å². The van der Waals surface area contributed by atoms with Crippen LogP contribution in [0, 0.1) is 6.92 Å². The van der Waals surface area contributed by atoms with Crippen molar-refractivity contribution in [3.05, 3.63) is 63.5 Å². The van der Waals surface area contributed by atoms with Crippen LogP contribution in [0.3, 0.4) is 0 Å². The number of hydrogen-bond acceptors (Lipinski definition) is 4. The van der Waals surface area contributed by atoms with E-state index in [1.54, 1.807) is 16.2 Å². The van der Waals surface area contributed by atoms with Crippen LogP contribution in [-0.4, -0.2) is 18.5 Å². The van der Waals surface area contributed by atoms with Crippen molar-refractivity contribution < 1.29 is 14.3 Å². The number of esters is 1. The van der Waals surface area contributed by atoms with E-state index < -0.39 is 0 Å². The molecule has 1 atom stereocenters. The van der Waals surface area contributed by atoms with Gasteiger partial charge in [-0.05, 0) is 36.1 Å². The monoisotopic (exact) mass is 325 g/mol. The number of amides is 1. The number of thiophene rings is 1. The average Bonchev–Trinajstić information content (AvgIpc) is 3.17. The first kappa shape index (κ1) is 14.2. The maximum absolute atomic E-state index is 12.8. The second kappa shape index (κ2) is 5.35. The number of nitrogens with zero attached hydrogens (tertiary/aromatic N) is 1. The predicted octanol–water partition coefficient (Wildman–Crippen LogP) is 3.39. The lowest BCUT2D eigenvalue weighted by Crippen LogP contribution is -2.37. The third kappa shape index (κ3) is 2.28. The highest BCUT2D eigenvalue weighted by atomic mass is 32.1. The Morgan fingerprint density at radius 2 is 2.09 bits per heavy atom. The fourth-order valence-electron chi connectivity index (χ4n) is 3.25. The normalized spacial score (nSPS) is 20.7. The summed E-state index contributed by atoms with van der Waals surface area (Å²) in [7, 11) is 0. The lowest BCUT2D eigenvalue weighted by atomic mass is 9.88. The molecule has 5 heteroatoms. The van der Waals surface area contributed by atoms with Gasteiger partial charge in [-0.2, -0.15) is 0 Å². The molecule has 3 heterocycles. The number of ether oxygens (including phenoxy) is 1. The number of carbonyl (C=O) groups excluding carboxylic acids is 2. The van der Waals surface area contributed by atoms with Crippen LogP contribution in [0.2, 0.25) is 0 Å². The highest BCUT2D eigenvalue weighted by Crippen LogP contribution is 2.43. The second-order valence-corrected chi connectivity index (χ2v) is 6.76. The summed E-state index contributed by atoms with van der Waals surface area (Å²) in [6.45, 7) is 2.15. The Hall–Kier alpha value is -2.40. The summed E-state index contributed by atoms with van der Waals surface area (Å²) in [5, 5.41) is 1.97. The third-order valence-corrected chi connectivity index (χ3v) is 5.25. The summed E-state index contributed by atoms with van der Waals surface area (Å²) in [5.41, 5.74) is 3.19. The molecule has 116 valence electrons. The van der Waals surface area contributed by atoms with Gasteiger partial charge >= 0.3 is 5.97 Å². The summed E-state index contributed by atoms with van der Waals surface area (Å²) in [6, 6.07) is 11.7. The zero-order valence-electron chi connectivity index (χ0n) is 12.6. The molecule has 4 nitrogen and oxygen atoms in total. The van der Waals surface area contributed by atoms with Crippen molar-refractivity contribution in [3.8, 4) is 0 Å². The molecular formula is C18H15NO3S. The molecule has 0 saturated carbocycles. The van der Waals surface area contributed by atoms with Crippen LogP contribution in [0.25, 0.3) is 0 Å². The molecule has 0 aliphatic carbocycles. The van der Waals surface area contributed by atoms with Crippen LogP contribution < -0.4 is 4.90 Å². The standard InChI is InChI=1S/C18H15NO3S/c1-11-4-2-5-12(8-11)19-14-10-22-18(21)17(14)13(9-16(19)20)15-6-3-7-23-15/h2-8,13H,9-10H2,1H3/t13-/m0/s1. The molecular weight excluding hydrogens is 310 g/mol. The lowest BCUT2D eigenvalue weighted by Gasteiger charge is -2.31. The van der Waals surface area contributed by atoms with Gasteiger partial charge in [-0.25, -0.2) is 4.79 Å². The Kier molecular flexibility index (Phi) is 3.31. The van der Waals surface area contributed by atoms with Gasteiger partial charge in [0, 0.05) is 22.9 Å². The van der Waals surface area contributed by atoms with Crippen molar-refractivity contribution in [2.75, 3.05) is 11.5 Å². The Morgan fingerprint density at radius 1 is 1.22 bits per heavy atom. The zero-order valence-corrected chi connectivity index (χ0v) is 13.4. The van der Waals surface area contributed by atoms with Crippen LogP contribution >= 0.6 is 11.3 Å². The first-order valence-corrected chi connectivity index (χ1v) is 8.36. The SMILES string of the molecule is Cc1cccc(N2C(=O)C[C@@H](c3cccs3)C3=C2COC3=O)c1. The lowest BCUT2D eigenvalue weighted by molar-refractivity contribution is -0.136. The van der Waals surface area contributed by atoms with Crippen LogP contribution in [0.1, 0.15) is 22.8 Å². The fourth-order valence-corrected chi connectivity index (χ4v) is 4.09. The number of cyclic esters (lactones) is 1. The summed E-state index contributed by atoms with van der Waals surface area (Å²) < 4.78 is 5.26. The number of hydrogen-bond donors (Lipinski definition) is 0. The second-order valence-electron chi connectivity index (χ2n) is 5.78. The van der Waals surface area contributed by atoms with Gasteiger partial charge in [-0.1, -0.05) is 18.2 Å². The third-order valence-electron chi connectivity index (χ3n) is 4.26. The van der Waals surface area contributed by atoms with Crippen LogP contribution in [0.15, 0.2) is 53.0 Å². The van der Waals surface area contributed by atoms with E-state index >= 15 is 0 Å². The van der Waals surface area contributed by atoms with Crippen molar-refractivity contribution in [1.29, 1.82) is 0 Å². The number of carbonyl (C=O) groups is 2. The Bertz CT molecular complexity index is 823. The largest absolute Gasteiger partial charge is 0.456 e. The Morgan fingerprint density at radius 3 is 2.83 bits per heavy atom. The minimum Gasteiger partial charge on any atom is -0.456 e. The molecule has 1 amide bonds. The summed E-state index contributed by atoms with van der Waals surface area (Å²) in [6.07, 6.45) is 0.294. The quantitative estimate of drug-likeness (QED) is 0.795. The van der Waals surface area contributed by atoms with E-state index in [-0.39, 0.29) is 24.4 Å². The highest BCUT2D eigenvalue weighted by Gasteiger charge is 2.43. The van der Waals surface area contributed by atoms with Crippen LogP contribution in [0.5, 0.6) is 0 Å². The summed E-state index contributed by atoms with van der Waals surface area (Å²) >= 11 is 1.57. The van der Waals surface area contributed by atoms with Gasteiger partial charge in [0.1, 0.15) is 6.61 Å². The molecule has 0 N–H and O–H groups in total. The van der Waals surface area contributed by atoms with Crippen LogP contribution in [0.4, 0.5) is 5.69 Å². The molecule has 0 saturated heterocycles. The van der Waals surface area contributed by atoms with E-state index in [2.05, 4.69) is 0 Å². The molecule has 0 spiro atoms. The van der Waals surface area contributed by atoms with Gasteiger partial charge in [-0.3, -0.25) is 9.69 Å². The molecule has 0 radical (unpaired) electrons. The van der Waals surface area contributed by atoms with Crippen molar-refractivity contribution in [3.63, 3.8) is 0 Å². The van der Waals surface area contributed by atoms with E-state index in [1.165, 1.54) is 0 Å². The van der Waals surface area contributed by atoms with Crippen molar-refractivity contribution in [2.45, 2.75) is 19.3 Å². The van der Waals surface area contributed by atoms with E-state index in [0.717, 1.165) is 16.1 Å². The molecule has 0 bridgehead atoms. The first-order valence-electron chi connectivity index (χ1n) is 7.48. The minimum absolute atomic E-state index is 0.00560. The number of anilines is 1. The highest BCUT2D eigenvalue weighted by molar-refractivity contribution is 7.10. The Balaban J connectivity index is 1.85. The van der Waals surface area contributed by atoms with Crippen molar-refractivity contribution in [2.24, 2.45) is 0 Å². The Labute approximate surface area is 138 Å². The van der Waals surface area contributed by atoms with Gasteiger partial charge in [0.2, 0.25) is 5.91 Å². The molecule has 1 aromatic carbocycles. The zero-order chi connectivity index (χ0) is 16.0. The van der Waals surface area contributed by atoms with Crippen LogP contribution in [-0.2, 0) is 14.3 Å². The van der Waals surface area contributed by atoms with Gasteiger partial charge in [0.05, 0.1) is 11.3 Å². The minimum atomic E-state index is -0.302. The molecule has 23 heavy (non-hydrogen) atoms. The maximum atomic E-state index is 12.8. The van der Waals surface area contributed by atoms with Crippen molar-refractivity contribution >= 4 is 28.9 Å². The smallest absolute Gasteiger partial charge is 0.337 e. The van der Waals surface area contributed by atoms with Gasteiger partial charge in [0.15, 0.2) is 0 Å². The fraction of sp³-hybridized carbons (Fsp3) is 0.222. The predicted molar refractivity (Wildman–Crippen MR) is 88.3 cm³/mol. The molecule has 0 unspecified atom stereocenters. The van der Waals surface area contributed by atoms with Gasteiger partial charge in [0.25, 0.3) is 0 Å². The number of benzene rings is 1. The maximum Gasteiger partial charge on any atom is 0.337 e. The van der Waals surface area contributed by atoms with Gasteiger partial charge in [-0.15, -0.1) is 11.3 Å².